The van der Waals surface area contributed by atoms with Gasteiger partial charge in [-0.25, -0.2) is 0 Å². The minimum atomic E-state index is -2.40. The molecule has 0 aromatic heterocycles. The molecule has 0 saturated heterocycles. The summed E-state index contributed by atoms with van der Waals surface area (Å²) in [5, 5.41) is 3.47. The van der Waals surface area contributed by atoms with E-state index in [1.807, 2.05) is 0 Å². The van der Waals surface area contributed by atoms with Crippen LogP contribution in [0, 0.1) is 0 Å². The van der Waals surface area contributed by atoms with Crippen molar-refractivity contribution in [2.45, 2.75) is 31.5 Å². The van der Waals surface area contributed by atoms with Crippen molar-refractivity contribution in [1.29, 1.82) is 0 Å². The first kappa shape index (κ1) is 17.2. The molecule has 17 heavy (non-hydrogen) atoms. The third-order valence-electron chi connectivity index (χ3n) is 2.52. The van der Waals surface area contributed by atoms with Gasteiger partial charge in [0.05, 0.1) is 0 Å². The van der Waals surface area contributed by atoms with Gasteiger partial charge in [0.15, 0.2) is 0 Å². The van der Waals surface area contributed by atoms with Gasteiger partial charge in [-0.2, -0.15) is 0 Å². The van der Waals surface area contributed by atoms with Gasteiger partial charge in [-0.3, -0.25) is 0 Å². The van der Waals surface area contributed by atoms with Crippen molar-refractivity contribution in [1.82, 2.24) is 5.32 Å². The Kier molecular flexibility index (Phi) is 8.47. The number of hydrogen-bond acceptors (Lipinski definition) is 5. The molecule has 0 aliphatic heterocycles. The molecule has 0 aromatic rings. The summed E-state index contributed by atoms with van der Waals surface area (Å²) in [5.74, 6) is 0. The van der Waals surface area contributed by atoms with Crippen LogP contribution in [0.1, 0.15) is 20.3 Å². The highest BCUT2D eigenvalue weighted by Crippen LogP contribution is 2.14. The first-order chi connectivity index (χ1) is 7.95. The molecule has 5 nitrogen and oxygen atoms in total. The van der Waals surface area contributed by atoms with Gasteiger partial charge in [-0.1, -0.05) is 0 Å². The van der Waals surface area contributed by atoms with E-state index in [2.05, 4.69) is 19.2 Å². The maximum atomic E-state index is 5.36. The van der Waals surface area contributed by atoms with E-state index < -0.39 is 8.80 Å². The van der Waals surface area contributed by atoms with Gasteiger partial charge in [0.2, 0.25) is 0 Å². The Morgan fingerprint density at radius 2 is 1.59 bits per heavy atom. The molecule has 102 valence electrons. The SMILES string of the molecule is CO[Si]C(C)(C)NCCC[Si](OC)(OC)OC. The lowest BCUT2D eigenvalue weighted by molar-refractivity contribution is 0.123. The quantitative estimate of drug-likeness (QED) is 0.474. The molecule has 0 amide bonds. The van der Waals surface area contributed by atoms with Crippen LogP contribution in [0.25, 0.3) is 0 Å². The van der Waals surface area contributed by atoms with Gasteiger partial charge in [0.25, 0.3) is 9.76 Å². The Balaban J connectivity index is 3.90. The fourth-order valence-electron chi connectivity index (χ4n) is 1.55. The Labute approximate surface area is 108 Å². The molecule has 0 aliphatic carbocycles. The summed E-state index contributed by atoms with van der Waals surface area (Å²) in [6, 6.07) is 0.815. The van der Waals surface area contributed by atoms with Crippen LogP contribution in [0.4, 0.5) is 0 Å². The smallest absolute Gasteiger partial charge is 0.419 e. The van der Waals surface area contributed by atoms with Crippen LogP contribution in [-0.2, 0) is 17.7 Å². The van der Waals surface area contributed by atoms with Gasteiger partial charge < -0.3 is 23.0 Å². The molecule has 0 aromatic carbocycles. The summed E-state index contributed by atoms with van der Waals surface area (Å²) in [6.07, 6.45) is 0.958. The first-order valence-electron chi connectivity index (χ1n) is 5.66. The van der Waals surface area contributed by atoms with Gasteiger partial charge >= 0.3 is 8.80 Å². The highest BCUT2D eigenvalue weighted by molar-refractivity contribution is 6.60. The van der Waals surface area contributed by atoms with Crippen LogP contribution in [0.5, 0.6) is 0 Å². The molecule has 7 heteroatoms. The molecule has 0 saturated carbocycles. The van der Waals surface area contributed by atoms with Crippen molar-refractivity contribution >= 4 is 18.6 Å². The monoisotopic (exact) mass is 279 g/mol. The zero-order valence-corrected chi connectivity index (χ0v) is 13.8. The summed E-state index contributed by atoms with van der Waals surface area (Å²) in [5.41, 5.74) is 0. The average molecular weight is 279 g/mol. The van der Waals surface area contributed by atoms with Gasteiger partial charge in [0, 0.05) is 39.6 Å². The van der Waals surface area contributed by atoms with Crippen LogP contribution in [-0.4, -0.2) is 58.7 Å². The van der Waals surface area contributed by atoms with E-state index in [9.17, 15) is 0 Å². The predicted octanol–water partition coefficient (Wildman–Crippen LogP) is 0.846. The van der Waals surface area contributed by atoms with Crippen molar-refractivity contribution in [3.8, 4) is 0 Å². The largest absolute Gasteiger partial charge is 0.500 e. The molecule has 0 bridgehead atoms. The standard InChI is InChI=1S/C10H25NO4Si2/c1-10(2,16-12-3)11-8-7-9-17(13-4,14-5)15-6/h11H,7-9H2,1-6H3. The molecule has 0 fully saturated rings. The number of hydrogen-bond donors (Lipinski definition) is 1. The van der Waals surface area contributed by atoms with Crippen LogP contribution in [0.3, 0.4) is 0 Å². The van der Waals surface area contributed by atoms with Crippen LogP contribution < -0.4 is 5.32 Å². The molecule has 1 N–H and O–H groups in total. The van der Waals surface area contributed by atoms with Gasteiger partial charge in [-0.15, -0.1) is 0 Å². The maximum Gasteiger partial charge on any atom is 0.500 e. The van der Waals surface area contributed by atoms with E-state index in [0.717, 1.165) is 19.0 Å². The normalized spacial score (nSPS) is 13.1. The van der Waals surface area contributed by atoms with E-state index in [1.165, 1.54) is 0 Å². The lowest BCUT2D eigenvalue weighted by Gasteiger charge is -2.26. The molecule has 0 unspecified atom stereocenters. The Morgan fingerprint density at radius 3 is 2.00 bits per heavy atom. The Hall–Kier alpha value is 0.234. The van der Waals surface area contributed by atoms with Crippen molar-refractivity contribution in [2.75, 3.05) is 35.0 Å². The second kappa shape index (κ2) is 8.36. The topological polar surface area (TPSA) is 49.0 Å². The minimum Gasteiger partial charge on any atom is -0.419 e. The zero-order valence-electron chi connectivity index (χ0n) is 11.8. The zero-order chi connectivity index (χ0) is 13.4. The molecule has 0 spiro atoms. The van der Waals surface area contributed by atoms with Crippen molar-refractivity contribution in [3.63, 3.8) is 0 Å². The lowest BCUT2D eigenvalue weighted by atomic mass is 10.3. The van der Waals surface area contributed by atoms with Crippen molar-refractivity contribution in [3.05, 3.63) is 0 Å². The van der Waals surface area contributed by atoms with E-state index in [4.69, 9.17) is 17.7 Å². The van der Waals surface area contributed by atoms with Crippen LogP contribution in [0.15, 0.2) is 0 Å². The maximum absolute atomic E-state index is 5.36. The van der Waals surface area contributed by atoms with Crippen molar-refractivity contribution < 1.29 is 17.7 Å². The Bertz CT molecular complexity index is 192. The summed E-state index contributed by atoms with van der Waals surface area (Å²) < 4.78 is 21.2. The molecule has 0 rings (SSSR count). The minimum absolute atomic E-state index is 0.0200. The second-order valence-corrected chi connectivity index (χ2v) is 9.21. The average Bonchev–Trinajstić information content (AvgIpc) is 2.30. The number of nitrogens with one attached hydrogen (secondary N) is 1. The van der Waals surface area contributed by atoms with Crippen molar-refractivity contribution in [2.24, 2.45) is 0 Å². The second-order valence-electron chi connectivity index (χ2n) is 4.26. The van der Waals surface area contributed by atoms with E-state index in [0.29, 0.717) is 9.76 Å². The van der Waals surface area contributed by atoms with Gasteiger partial charge in [0.1, 0.15) is 0 Å². The molecular formula is C10H25NO4Si2. The van der Waals surface area contributed by atoms with Crippen LogP contribution in [0.2, 0.25) is 6.04 Å². The van der Waals surface area contributed by atoms with E-state index in [-0.39, 0.29) is 5.16 Å². The Morgan fingerprint density at radius 1 is 1.06 bits per heavy atom. The highest BCUT2D eigenvalue weighted by Gasteiger charge is 2.36. The van der Waals surface area contributed by atoms with E-state index in [1.54, 1.807) is 28.4 Å². The molecule has 2 radical (unpaired) electrons. The highest BCUT2D eigenvalue weighted by atomic mass is 28.4. The van der Waals surface area contributed by atoms with Crippen LogP contribution >= 0.6 is 0 Å². The molecular weight excluding hydrogens is 254 g/mol. The molecule has 0 atom stereocenters. The molecule has 0 aliphatic rings. The van der Waals surface area contributed by atoms with Gasteiger partial charge in [-0.05, 0) is 26.8 Å². The summed E-state index contributed by atoms with van der Waals surface area (Å²) in [6.45, 7) is 5.15. The van der Waals surface area contributed by atoms with E-state index >= 15 is 0 Å². The first-order valence-corrected chi connectivity index (χ1v) is 8.50. The third-order valence-corrected chi connectivity index (χ3v) is 6.24. The summed E-state index contributed by atoms with van der Waals surface area (Å²) in [4.78, 5) is 0. The molecule has 0 heterocycles. The predicted molar refractivity (Wildman–Crippen MR) is 71.0 cm³/mol. The summed E-state index contributed by atoms with van der Waals surface area (Å²) in [7, 11) is 4.69. The lowest BCUT2D eigenvalue weighted by Crippen LogP contribution is -2.47. The number of rotatable bonds is 10. The fraction of sp³-hybridized carbons (Fsp3) is 1.00. The fourth-order valence-corrected chi connectivity index (χ4v) is 3.98. The third kappa shape index (κ3) is 6.65. The summed E-state index contributed by atoms with van der Waals surface area (Å²) >= 11 is 0.